The van der Waals surface area contributed by atoms with E-state index >= 15 is 0 Å². The van der Waals surface area contributed by atoms with E-state index in [0.29, 0.717) is 18.9 Å². The van der Waals surface area contributed by atoms with E-state index in [1.165, 1.54) is 16.8 Å². The van der Waals surface area contributed by atoms with Crippen LogP contribution in [0, 0.1) is 17.1 Å². The van der Waals surface area contributed by atoms with E-state index < -0.39 is 5.82 Å². The molecule has 2 amide bonds. The second kappa shape index (κ2) is 7.98. The number of carbonyl (C=O) groups excluding carboxylic acids is 1. The molecule has 1 aromatic carbocycles. The Labute approximate surface area is 164 Å². The Bertz CT molecular complexity index is 892. The highest BCUT2D eigenvalue weighted by Crippen LogP contribution is 2.21. The van der Waals surface area contributed by atoms with Crippen molar-refractivity contribution in [3.05, 3.63) is 41.8 Å². The summed E-state index contributed by atoms with van der Waals surface area (Å²) < 4.78 is 15.5. The van der Waals surface area contributed by atoms with E-state index in [-0.39, 0.29) is 22.8 Å². The molecule has 2 heterocycles. The number of urea groups is 1. The van der Waals surface area contributed by atoms with Crippen molar-refractivity contribution < 1.29 is 9.18 Å². The topological polar surface area (TPSA) is 77.2 Å². The van der Waals surface area contributed by atoms with Gasteiger partial charge in [0.05, 0.1) is 11.6 Å². The number of amides is 2. The molecule has 0 spiro atoms. The van der Waals surface area contributed by atoms with Crippen molar-refractivity contribution in [2.45, 2.75) is 32.7 Å². The zero-order valence-electron chi connectivity index (χ0n) is 16.4. The predicted octanol–water partition coefficient (Wildman–Crippen LogP) is 3.22. The van der Waals surface area contributed by atoms with Crippen LogP contribution in [0.1, 0.15) is 32.8 Å². The number of carbonyl (C=O) groups is 1. The number of benzene rings is 1. The normalized spacial score (nSPS) is 15.3. The summed E-state index contributed by atoms with van der Waals surface area (Å²) in [6.45, 7) is 9.58. The minimum atomic E-state index is -0.547. The summed E-state index contributed by atoms with van der Waals surface area (Å²) in [5.41, 5.74) is 0.592. The molecule has 8 heteroatoms. The molecule has 1 aromatic heterocycles. The van der Waals surface area contributed by atoms with Crippen LogP contribution in [0.5, 0.6) is 0 Å². The highest BCUT2D eigenvalue weighted by molar-refractivity contribution is 5.88. The van der Waals surface area contributed by atoms with E-state index in [0.717, 1.165) is 25.6 Å². The number of hydrogen-bond acceptors (Lipinski definition) is 4. The van der Waals surface area contributed by atoms with Crippen LogP contribution < -0.4 is 5.32 Å². The molecule has 1 N–H and O–H groups in total. The zero-order chi connectivity index (χ0) is 20.3. The van der Waals surface area contributed by atoms with Crippen molar-refractivity contribution in [3.63, 3.8) is 0 Å². The largest absolute Gasteiger partial charge is 0.323 e. The van der Waals surface area contributed by atoms with Crippen molar-refractivity contribution in [1.29, 1.82) is 5.26 Å². The minimum absolute atomic E-state index is 0.131. The van der Waals surface area contributed by atoms with Crippen molar-refractivity contribution in [2.24, 2.45) is 0 Å². The number of nitrogens with one attached hydrogen (secondary N) is 1. The lowest BCUT2D eigenvalue weighted by Crippen LogP contribution is -2.56. The molecule has 0 unspecified atom stereocenters. The molecule has 1 fully saturated rings. The van der Waals surface area contributed by atoms with Crippen LogP contribution in [0.2, 0.25) is 0 Å². The van der Waals surface area contributed by atoms with Crippen molar-refractivity contribution in [3.8, 4) is 11.8 Å². The third-order valence-electron chi connectivity index (χ3n) is 5.44. The first-order chi connectivity index (χ1) is 13.3. The number of rotatable bonds is 4. The monoisotopic (exact) mass is 384 g/mol. The van der Waals surface area contributed by atoms with Gasteiger partial charge in [0.15, 0.2) is 5.82 Å². The van der Waals surface area contributed by atoms with E-state index in [4.69, 9.17) is 5.26 Å². The number of hydrogen-bond donors (Lipinski definition) is 1. The first-order valence-electron chi connectivity index (χ1n) is 9.40. The average Bonchev–Trinajstić information content (AvgIpc) is 3.16. The Morgan fingerprint density at radius 3 is 2.61 bits per heavy atom. The second-order valence-corrected chi connectivity index (χ2v) is 7.49. The van der Waals surface area contributed by atoms with Gasteiger partial charge in [-0.3, -0.25) is 10.2 Å². The van der Waals surface area contributed by atoms with Gasteiger partial charge in [-0.25, -0.2) is 13.9 Å². The quantitative estimate of drug-likeness (QED) is 0.878. The van der Waals surface area contributed by atoms with Crippen LogP contribution in [-0.4, -0.2) is 57.3 Å². The van der Waals surface area contributed by atoms with Crippen LogP contribution in [0.15, 0.2) is 30.5 Å². The van der Waals surface area contributed by atoms with Crippen LogP contribution in [0.3, 0.4) is 0 Å². The molecule has 0 aliphatic carbocycles. The lowest BCUT2D eigenvalue weighted by molar-refractivity contribution is 0.0640. The van der Waals surface area contributed by atoms with Gasteiger partial charge in [-0.2, -0.15) is 5.26 Å². The highest BCUT2D eigenvalue weighted by Gasteiger charge is 2.30. The maximum atomic E-state index is 14.1. The van der Waals surface area contributed by atoms with Gasteiger partial charge < -0.3 is 4.90 Å². The minimum Gasteiger partial charge on any atom is -0.322 e. The lowest BCUT2D eigenvalue weighted by atomic mass is 9.98. The second-order valence-electron chi connectivity index (χ2n) is 7.49. The van der Waals surface area contributed by atoms with Gasteiger partial charge in [-0.15, -0.1) is 5.10 Å². The van der Waals surface area contributed by atoms with Crippen molar-refractivity contribution in [2.75, 3.05) is 31.5 Å². The smallest absolute Gasteiger partial charge is 0.322 e. The van der Waals surface area contributed by atoms with Gasteiger partial charge >= 0.3 is 6.03 Å². The standard InChI is InChI=1S/C20H25FN6O/c1-4-20(2,3)26-11-9-25(10-12-26)19(28)23-18-7-8-27(24-18)17-6-5-15(14-22)13-16(17)21/h5-8,13H,4,9-12H2,1-3H3,(H,23,24,28). The Hall–Kier alpha value is -2.92. The van der Waals surface area contributed by atoms with Gasteiger partial charge in [0.2, 0.25) is 0 Å². The molecule has 28 heavy (non-hydrogen) atoms. The molecular weight excluding hydrogens is 359 g/mol. The number of anilines is 1. The van der Waals surface area contributed by atoms with Crippen molar-refractivity contribution in [1.82, 2.24) is 19.6 Å². The molecule has 0 radical (unpaired) electrons. The molecule has 7 nitrogen and oxygen atoms in total. The summed E-state index contributed by atoms with van der Waals surface area (Å²) in [5, 5.41) is 15.8. The Morgan fingerprint density at radius 2 is 2.00 bits per heavy atom. The number of aromatic nitrogens is 2. The summed E-state index contributed by atoms with van der Waals surface area (Å²) in [6, 6.07) is 7.47. The number of halogens is 1. The van der Waals surface area contributed by atoms with E-state index in [9.17, 15) is 9.18 Å². The van der Waals surface area contributed by atoms with Gasteiger partial charge in [-0.05, 0) is 38.5 Å². The predicted molar refractivity (Wildman–Crippen MR) is 105 cm³/mol. The van der Waals surface area contributed by atoms with E-state index in [2.05, 4.69) is 36.1 Å². The van der Waals surface area contributed by atoms with Gasteiger partial charge in [0, 0.05) is 44.0 Å². The van der Waals surface area contributed by atoms with E-state index in [1.54, 1.807) is 17.2 Å². The molecule has 1 aliphatic rings. The summed E-state index contributed by atoms with van der Waals surface area (Å²) in [6.07, 6.45) is 2.63. The van der Waals surface area contributed by atoms with Gasteiger partial charge in [0.25, 0.3) is 0 Å². The summed E-state index contributed by atoms with van der Waals surface area (Å²) in [7, 11) is 0. The third-order valence-corrected chi connectivity index (χ3v) is 5.44. The van der Waals surface area contributed by atoms with Crippen LogP contribution in [-0.2, 0) is 0 Å². The average molecular weight is 384 g/mol. The maximum absolute atomic E-state index is 14.1. The molecule has 3 rings (SSSR count). The number of piperazine rings is 1. The maximum Gasteiger partial charge on any atom is 0.323 e. The third kappa shape index (κ3) is 4.15. The fourth-order valence-corrected chi connectivity index (χ4v) is 3.21. The lowest BCUT2D eigenvalue weighted by Gasteiger charge is -2.43. The highest BCUT2D eigenvalue weighted by atomic mass is 19.1. The molecule has 1 saturated heterocycles. The van der Waals surface area contributed by atoms with Gasteiger partial charge in [-0.1, -0.05) is 6.92 Å². The van der Waals surface area contributed by atoms with Crippen LogP contribution >= 0.6 is 0 Å². The summed E-state index contributed by atoms with van der Waals surface area (Å²) >= 11 is 0. The fourth-order valence-electron chi connectivity index (χ4n) is 3.21. The Morgan fingerprint density at radius 1 is 1.29 bits per heavy atom. The molecule has 0 atom stereocenters. The fraction of sp³-hybridized carbons (Fsp3) is 0.450. The van der Waals surface area contributed by atoms with E-state index in [1.807, 2.05) is 6.07 Å². The molecule has 148 valence electrons. The first kappa shape index (κ1) is 19.8. The summed E-state index contributed by atoms with van der Waals surface area (Å²) in [4.78, 5) is 16.7. The van der Waals surface area contributed by atoms with Crippen LogP contribution in [0.25, 0.3) is 5.69 Å². The van der Waals surface area contributed by atoms with Gasteiger partial charge in [0.1, 0.15) is 11.5 Å². The molecule has 1 aliphatic heterocycles. The van der Waals surface area contributed by atoms with Crippen LogP contribution in [0.4, 0.5) is 15.0 Å². The Balaban J connectivity index is 1.61. The molecule has 0 bridgehead atoms. The van der Waals surface area contributed by atoms with Crippen molar-refractivity contribution >= 4 is 11.8 Å². The number of nitriles is 1. The zero-order valence-corrected chi connectivity index (χ0v) is 16.4. The SMILES string of the molecule is CCC(C)(C)N1CCN(C(=O)Nc2ccn(-c3ccc(C#N)cc3F)n2)CC1. The molecule has 0 saturated carbocycles. The number of nitrogens with zero attached hydrogens (tertiary/aromatic N) is 5. The summed E-state index contributed by atoms with van der Waals surface area (Å²) in [5.74, 6) is -0.195. The molecule has 2 aromatic rings. The first-order valence-corrected chi connectivity index (χ1v) is 9.40. The Kier molecular flexibility index (Phi) is 5.66. The molecular formula is C20H25FN6O.